The van der Waals surface area contributed by atoms with Crippen molar-refractivity contribution in [1.82, 2.24) is 0 Å². The van der Waals surface area contributed by atoms with Gasteiger partial charge >= 0.3 is 0 Å². The molecule has 0 aliphatic rings. The van der Waals surface area contributed by atoms with E-state index in [9.17, 15) is 17.6 Å². The molecule has 3 aromatic rings. The number of anilines is 2. The largest absolute Gasteiger partial charge is 0.322 e. The Morgan fingerprint density at radius 1 is 0.852 bits per heavy atom. The lowest BCUT2D eigenvalue weighted by Crippen LogP contribution is -2.19. The quantitative estimate of drug-likeness (QED) is 0.693. The van der Waals surface area contributed by atoms with Gasteiger partial charge in [-0.2, -0.15) is 0 Å². The zero-order valence-corrected chi connectivity index (χ0v) is 15.3. The summed E-state index contributed by atoms with van der Waals surface area (Å²) in [5, 5.41) is 2.78. The third-order valence-electron chi connectivity index (χ3n) is 3.93. The minimum absolute atomic E-state index is 0.0991. The van der Waals surface area contributed by atoms with Gasteiger partial charge in [0, 0.05) is 5.69 Å². The monoisotopic (exact) mass is 384 g/mol. The summed E-state index contributed by atoms with van der Waals surface area (Å²) in [6, 6.07) is 18.0. The normalized spacial score (nSPS) is 11.0. The highest BCUT2D eigenvalue weighted by Crippen LogP contribution is 2.22. The first kappa shape index (κ1) is 18.6. The lowest BCUT2D eigenvalue weighted by atomic mass is 10.1. The maximum absolute atomic E-state index is 13.0. The smallest absolute Gasteiger partial charge is 0.261 e. The van der Waals surface area contributed by atoms with Crippen molar-refractivity contribution in [1.29, 1.82) is 0 Å². The van der Waals surface area contributed by atoms with Crippen LogP contribution in [0, 0.1) is 12.7 Å². The Hall–Kier alpha value is -3.19. The number of para-hydroxylation sites is 2. The SMILES string of the molecule is Cc1ccccc1NC(=O)c1ccccc1NS(=O)(=O)c1ccc(F)cc1. The fourth-order valence-corrected chi connectivity index (χ4v) is 3.57. The lowest BCUT2D eigenvalue weighted by molar-refractivity contribution is 0.102. The predicted molar refractivity (Wildman–Crippen MR) is 103 cm³/mol. The van der Waals surface area contributed by atoms with Crippen LogP contribution >= 0.6 is 0 Å². The summed E-state index contributed by atoms with van der Waals surface area (Å²) < 4.78 is 40.5. The zero-order valence-electron chi connectivity index (χ0n) is 14.4. The zero-order chi connectivity index (χ0) is 19.4. The van der Waals surface area contributed by atoms with Gasteiger partial charge in [-0.15, -0.1) is 0 Å². The fraction of sp³-hybridized carbons (Fsp3) is 0.0500. The second-order valence-electron chi connectivity index (χ2n) is 5.87. The molecule has 3 aromatic carbocycles. The van der Waals surface area contributed by atoms with E-state index in [-0.39, 0.29) is 16.1 Å². The Balaban J connectivity index is 1.89. The average Bonchev–Trinajstić information content (AvgIpc) is 2.64. The minimum atomic E-state index is -3.96. The van der Waals surface area contributed by atoms with E-state index in [0.717, 1.165) is 29.8 Å². The molecule has 0 aliphatic heterocycles. The second kappa shape index (κ2) is 7.59. The Labute approximate surface area is 156 Å². The summed E-state index contributed by atoms with van der Waals surface area (Å²) in [4.78, 5) is 12.6. The van der Waals surface area contributed by atoms with Crippen molar-refractivity contribution >= 4 is 27.3 Å². The van der Waals surface area contributed by atoms with Gasteiger partial charge in [-0.25, -0.2) is 12.8 Å². The van der Waals surface area contributed by atoms with Gasteiger partial charge in [0.15, 0.2) is 0 Å². The topological polar surface area (TPSA) is 75.3 Å². The van der Waals surface area contributed by atoms with Crippen molar-refractivity contribution in [3.63, 3.8) is 0 Å². The molecule has 0 aliphatic carbocycles. The van der Waals surface area contributed by atoms with Crippen LogP contribution in [0.2, 0.25) is 0 Å². The molecule has 0 unspecified atom stereocenters. The third-order valence-corrected chi connectivity index (χ3v) is 5.31. The first-order valence-electron chi connectivity index (χ1n) is 8.11. The highest BCUT2D eigenvalue weighted by Gasteiger charge is 2.19. The van der Waals surface area contributed by atoms with E-state index in [0.29, 0.717) is 5.69 Å². The molecule has 0 saturated carbocycles. The Bertz CT molecular complexity index is 1080. The Kier molecular flexibility index (Phi) is 5.23. The van der Waals surface area contributed by atoms with Gasteiger partial charge in [-0.05, 0) is 55.0 Å². The van der Waals surface area contributed by atoms with Gasteiger partial charge < -0.3 is 5.32 Å². The molecule has 7 heteroatoms. The molecule has 0 radical (unpaired) electrons. The predicted octanol–water partition coefficient (Wildman–Crippen LogP) is 4.19. The van der Waals surface area contributed by atoms with Crippen LogP contribution in [0.25, 0.3) is 0 Å². The molecule has 3 rings (SSSR count). The van der Waals surface area contributed by atoms with E-state index in [1.807, 2.05) is 19.1 Å². The number of sulfonamides is 1. The minimum Gasteiger partial charge on any atom is -0.322 e. The number of nitrogens with one attached hydrogen (secondary N) is 2. The molecule has 27 heavy (non-hydrogen) atoms. The van der Waals surface area contributed by atoms with E-state index < -0.39 is 21.7 Å². The van der Waals surface area contributed by atoms with Crippen molar-refractivity contribution in [2.75, 3.05) is 10.0 Å². The van der Waals surface area contributed by atoms with E-state index in [4.69, 9.17) is 0 Å². The highest BCUT2D eigenvalue weighted by atomic mass is 32.2. The number of benzene rings is 3. The molecule has 138 valence electrons. The molecule has 2 N–H and O–H groups in total. The highest BCUT2D eigenvalue weighted by molar-refractivity contribution is 7.92. The number of amides is 1. The molecule has 0 bridgehead atoms. The van der Waals surface area contributed by atoms with Gasteiger partial charge in [0.25, 0.3) is 15.9 Å². The maximum Gasteiger partial charge on any atom is 0.261 e. The summed E-state index contributed by atoms with van der Waals surface area (Å²) in [5.41, 5.74) is 1.83. The lowest BCUT2D eigenvalue weighted by Gasteiger charge is -2.13. The second-order valence-corrected chi connectivity index (χ2v) is 7.56. The van der Waals surface area contributed by atoms with Crippen LogP contribution in [0.1, 0.15) is 15.9 Å². The molecule has 0 atom stereocenters. The van der Waals surface area contributed by atoms with Gasteiger partial charge in [-0.3, -0.25) is 9.52 Å². The summed E-state index contributed by atoms with van der Waals surface area (Å²) in [7, 11) is -3.96. The Morgan fingerprint density at radius 3 is 2.11 bits per heavy atom. The number of hydrogen-bond acceptors (Lipinski definition) is 3. The van der Waals surface area contributed by atoms with Crippen molar-refractivity contribution in [2.45, 2.75) is 11.8 Å². The molecule has 0 fully saturated rings. The average molecular weight is 384 g/mol. The fourth-order valence-electron chi connectivity index (χ4n) is 2.49. The molecular weight excluding hydrogens is 367 g/mol. The van der Waals surface area contributed by atoms with Crippen LogP contribution in [0.5, 0.6) is 0 Å². The molecule has 1 amide bonds. The van der Waals surface area contributed by atoms with Crippen molar-refractivity contribution in [3.8, 4) is 0 Å². The molecule has 0 aromatic heterocycles. The number of halogens is 1. The first-order chi connectivity index (χ1) is 12.9. The number of carbonyl (C=O) groups excluding carboxylic acids is 1. The van der Waals surface area contributed by atoms with E-state index in [1.165, 1.54) is 12.1 Å². The number of hydrogen-bond donors (Lipinski definition) is 2. The number of carbonyl (C=O) groups is 1. The van der Waals surface area contributed by atoms with Crippen LogP contribution in [-0.2, 0) is 10.0 Å². The Morgan fingerprint density at radius 2 is 1.44 bits per heavy atom. The summed E-state index contributed by atoms with van der Waals surface area (Å²) in [6.45, 7) is 1.86. The van der Waals surface area contributed by atoms with Gasteiger partial charge in [0.05, 0.1) is 16.1 Å². The van der Waals surface area contributed by atoms with Crippen LogP contribution in [-0.4, -0.2) is 14.3 Å². The van der Waals surface area contributed by atoms with Gasteiger partial charge in [-0.1, -0.05) is 30.3 Å². The third kappa shape index (κ3) is 4.32. The standard InChI is InChI=1S/C20H17FN2O3S/c1-14-6-2-4-8-18(14)22-20(24)17-7-3-5-9-19(17)23-27(25,26)16-12-10-15(21)11-13-16/h2-13,23H,1H3,(H,22,24). The molecule has 0 saturated heterocycles. The van der Waals surface area contributed by atoms with Crippen LogP contribution < -0.4 is 10.0 Å². The van der Waals surface area contributed by atoms with Gasteiger partial charge in [0.2, 0.25) is 0 Å². The number of aryl methyl sites for hydroxylation is 1. The molecule has 0 spiro atoms. The summed E-state index contributed by atoms with van der Waals surface area (Å²) >= 11 is 0. The van der Waals surface area contributed by atoms with Crippen molar-refractivity contribution < 1.29 is 17.6 Å². The first-order valence-corrected chi connectivity index (χ1v) is 9.59. The van der Waals surface area contributed by atoms with Crippen LogP contribution in [0.3, 0.4) is 0 Å². The van der Waals surface area contributed by atoms with Crippen LogP contribution in [0.4, 0.5) is 15.8 Å². The molecular formula is C20H17FN2O3S. The summed E-state index contributed by atoms with van der Waals surface area (Å²) in [5.74, 6) is -0.978. The van der Waals surface area contributed by atoms with E-state index in [1.54, 1.807) is 24.3 Å². The van der Waals surface area contributed by atoms with Crippen molar-refractivity contribution in [2.24, 2.45) is 0 Å². The van der Waals surface area contributed by atoms with Gasteiger partial charge in [0.1, 0.15) is 5.82 Å². The van der Waals surface area contributed by atoms with Crippen LogP contribution in [0.15, 0.2) is 77.7 Å². The maximum atomic E-state index is 13.0. The van der Waals surface area contributed by atoms with E-state index >= 15 is 0 Å². The summed E-state index contributed by atoms with van der Waals surface area (Å²) in [6.07, 6.45) is 0. The van der Waals surface area contributed by atoms with E-state index in [2.05, 4.69) is 10.0 Å². The number of rotatable bonds is 5. The van der Waals surface area contributed by atoms with Crippen molar-refractivity contribution in [3.05, 3.63) is 89.7 Å². The molecule has 0 heterocycles. The molecule has 5 nitrogen and oxygen atoms in total.